The average Bonchev–Trinajstić information content (AvgIpc) is 2.37. The third kappa shape index (κ3) is 4.62. The van der Waals surface area contributed by atoms with E-state index >= 15 is 0 Å². The van der Waals surface area contributed by atoms with Gasteiger partial charge < -0.3 is 9.47 Å². The molecule has 4 heteroatoms. The van der Waals surface area contributed by atoms with Crippen LogP contribution in [0.2, 0.25) is 0 Å². The Morgan fingerprint density at radius 1 is 1.32 bits per heavy atom. The molecule has 112 valence electrons. The van der Waals surface area contributed by atoms with Crippen LogP contribution in [0.15, 0.2) is 0 Å². The number of hydrogen-bond donors (Lipinski definition) is 0. The van der Waals surface area contributed by atoms with E-state index in [1.54, 1.807) is 0 Å². The van der Waals surface area contributed by atoms with Crippen molar-refractivity contribution < 1.29 is 9.47 Å². The van der Waals surface area contributed by atoms with Gasteiger partial charge in [0.15, 0.2) is 0 Å². The molecule has 0 amide bonds. The Morgan fingerprint density at radius 3 is 2.79 bits per heavy atom. The molecule has 2 aliphatic rings. The first kappa shape index (κ1) is 15.6. The van der Waals surface area contributed by atoms with Crippen molar-refractivity contribution in [2.75, 3.05) is 32.6 Å². The lowest BCUT2D eigenvalue weighted by Gasteiger charge is -2.45. The van der Waals surface area contributed by atoms with Gasteiger partial charge in [0.05, 0.1) is 18.8 Å². The van der Waals surface area contributed by atoms with Gasteiger partial charge in [-0.2, -0.15) is 11.8 Å². The lowest BCUT2D eigenvalue weighted by atomic mass is 9.88. The van der Waals surface area contributed by atoms with Crippen LogP contribution in [0.3, 0.4) is 0 Å². The first-order chi connectivity index (χ1) is 8.99. The van der Waals surface area contributed by atoms with Crippen LogP contribution in [-0.4, -0.2) is 60.5 Å². The van der Waals surface area contributed by atoms with Crippen molar-refractivity contribution in [2.24, 2.45) is 0 Å². The Balaban J connectivity index is 1.84. The molecule has 0 bridgehead atoms. The second-order valence-electron chi connectivity index (χ2n) is 6.64. The van der Waals surface area contributed by atoms with Crippen molar-refractivity contribution in [2.45, 2.75) is 63.0 Å². The van der Waals surface area contributed by atoms with Crippen LogP contribution < -0.4 is 0 Å². The largest absolute Gasteiger partial charge is 0.381 e. The Hall–Kier alpha value is 0.230. The highest BCUT2D eigenvalue weighted by atomic mass is 32.2. The van der Waals surface area contributed by atoms with Gasteiger partial charge in [-0.25, -0.2) is 0 Å². The summed E-state index contributed by atoms with van der Waals surface area (Å²) in [7, 11) is 1.84. The van der Waals surface area contributed by atoms with Crippen LogP contribution in [0.4, 0.5) is 0 Å². The van der Waals surface area contributed by atoms with Gasteiger partial charge in [-0.15, -0.1) is 0 Å². The molecule has 3 nitrogen and oxygen atoms in total. The molecule has 19 heavy (non-hydrogen) atoms. The van der Waals surface area contributed by atoms with Gasteiger partial charge in [0.2, 0.25) is 0 Å². The Bertz CT molecular complexity index is 280. The van der Waals surface area contributed by atoms with Crippen LogP contribution >= 0.6 is 11.8 Å². The lowest BCUT2D eigenvalue weighted by Crippen LogP contribution is -2.55. The molecule has 0 aromatic carbocycles. The third-order valence-corrected chi connectivity index (χ3v) is 5.39. The summed E-state index contributed by atoms with van der Waals surface area (Å²) < 4.78 is 11.9. The zero-order valence-electron chi connectivity index (χ0n) is 12.9. The molecule has 1 aliphatic carbocycles. The second kappa shape index (κ2) is 6.79. The maximum atomic E-state index is 5.95. The second-order valence-corrected chi connectivity index (χ2v) is 8.57. The molecule has 0 unspecified atom stereocenters. The Labute approximate surface area is 122 Å². The molecule has 1 heterocycles. The summed E-state index contributed by atoms with van der Waals surface area (Å²) in [6, 6.07) is 0.577. The summed E-state index contributed by atoms with van der Waals surface area (Å²) in [4.78, 5) is 2.64. The van der Waals surface area contributed by atoms with Crippen molar-refractivity contribution in [3.8, 4) is 0 Å². The molecule has 0 aromatic rings. The van der Waals surface area contributed by atoms with Gasteiger partial charge in [0.25, 0.3) is 0 Å². The smallest absolute Gasteiger partial charge is 0.0732 e. The fourth-order valence-corrected chi connectivity index (χ4v) is 4.05. The van der Waals surface area contributed by atoms with Gasteiger partial charge >= 0.3 is 0 Å². The van der Waals surface area contributed by atoms with Gasteiger partial charge in [0, 0.05) is 36.7 Å². The maximum absolute atomic E-state index is 5.95. The van der Waals surface area contributed by atoms with E-state index in [-0.39, 0.29) is 0 Å². The fourth-order valence-electron chi connectivity index (χ4n) is 3.11. The summed E-state index contributed by atoms with van der Waals surface area (Å²) in [5.41, 5.74) is 0. The minimum atomic E-state index is 0.368. The maximum Gasteiger partial charge on any atom is 0.0732 e. The quantitative estimate of drug-likeness (QED) is 0.792. The van der Waals surface area contributed by atoms with Gasteiger partial charge in [-0.3, -0.25) is 4.90 Å². The summed E-state index contributed by atoms with van der Waals surface area (Å²) in [6.07, 6.45) is 4.33. The number of methoxy groups -OCH3 is 1. The zero-order chi connectivity index (χ0) is 13.9. The van der Waals surface area contributed by atoms with Gasteiger partial charge in [-0.05, 0) is 19.3 Å². The van der Waals surface area contributed by atoms with Crippen LogP contribution in [0.25, 0.3) is 0 Å². The Kier molecular flexibility index (Phi) is 5.58. The number of ether oxygens (including phenoxy) is 2. The van der Waals surface area contributed by atoms with Crippen molar-refractivity contribution in [1.29, 1.82) is 0 Å². The molecule has 1 saturated carbocycles. The lowest BCUT2D eigenvalue weighted by molar-refractivity contribution is -0.111. The molecule has 0 aromatic heterocycles. The first-order valence-electron chi connectivity index (χ1n) is 7.52. The number of nitrogens with zero attached hydrogens (tertiary/aromatic N) is 1. The number of hydrogen-bond acceptors (Lipinski definition) is 4. The molecule has 2 rings (SSSR count). The normalized spacial score (nSPS) is 33.2. The van der Waals surface area contributed by atoms with Crippen molar-refractivity contribution in [3.63, 3.8) is 0 Å². The molecule has 0 N–H and O–H groups in total. The molecule has 0 spiro atoms. The monoisotopic (exact) mass is 287 g/mol. The highest BCUT2D eigenvalue weighted by molar-refractivity contribution is 8.00. The summed E-state index contributed by atoms with van der Waals surface area (Å²) >= 11 is 2.06. The molecule has 3 atom stereocenters. The van der Waals surface area contributed by atoms with E-state index in [2.05, 4.69) is 37.4 Å². The van der Waals surface area contributed by atoms with Crippen molar-refractivity contribution in [1.82, 2.24) is 4.90 Å². The standard InChI is InChI=1S/C15H29NO2S/c1-15(2,3)19-10-8-16-7-9-18-14-6-5-12(17-4)11-13(14)16/h12-14H,5-11H2,1-4H3/t12-,13-,14-/m1/s1. The number of thioether (sulfide) groups is 1. The van der Waals surface area contributed by atoms with E-state index in [4.69, 9.17) is 9.47 Å². The topological polar surface area (TPSA) is 21.7 Å². The number of fused-ring (bicyclic) bond motifs is 1. The predicted octanol–water partition coefficient (Wildman–Crippen LogP) is 2.79. The van der Waals surface area contributed by atoms with Gasteiger partial charge in [0.1, 0.15) is 0 Å². The Morgan fingerprint density at radius 2 is 2.11 bits per heavy atom. The van der Waals surface area contributed by atoms with E-state index < -0.39 is 0 Å². The van der Waals surface area contributed by atoms with Crippen LogP contribution in [0.5, 0.6) is 0 Å². The highest BCUT2D eigenvalue weighted by Gasteiger charge is 2.37. The highest BCUT2D eigenvalue weighted by Crippen LogP contribution is 2.31. The van der Waals surface area contributed by atoms with Crippen molar-refractivity contribution >= 4 is 11.8 Å². The van der Waals surface area contributed by atoms with E-state index in [1.807, 2.05) is 7.11 Å². The summed E-state index contributed by atoms with van der Waals surface area (Å²) in [5.74, 6) is 1.21. The fraction of sp³-hybridized carbons (Fsp3) is 1.00. The predicted molar refractivity (Wildman–Crippen MR) is 82.0 cm³/mol. The van der Waals surface area contributed by atoms with E-state index in [0.717, 1.165) is 32.4 Å². The van der Waals surface area contributed by atoms with E-state index in [9.17, 15) is 0 Å². The van der Waals surface area contributed by atoms with Crippen molar-refractivity contribution in [3.05, 3.63) is 0 Å². The molecule has 0 radical (unpaired) electrons. The molecule has 2 fully saturated rings. The molecule has 1 aliphatic heterocycles. The summed E-state index contributed by atoms with van der Waals surface area (Å²) in [6.45, 7) is 10.0. The first-order valence-corrected chi connectivity index (χ1v) is 8.50. The minimum Gasteiger partial charge on any atom is -0.381 e. The van der Waals surface area contributed by atoms with Crippen LogP contribution in [0.1, 0.15) is 40.0 Å². The average molecular weight is 287 g/mol. The minimum absolute atomic E-state index is 0.368. The molecular formula is C15H29NO2S. The van der Waals surface area contributed by atoms with Crippen LogP contribution in [-0.2, 0) is 9.47 Å². The van der Waals surface area contributed by atoms with E-state index in [0.29, 0.717) is 23.0 Å². The third-order valence-electron chi connectivity index (χ3n) is 4.13. The SMILES string of the molecule is CO[C@@H]1CC[C@H]2OCCN(CCSC(C)(C)C)[C@@H]2C1. The molecular weight excluding hydrogens is 258 g/mol. The van der Waals surface area contributed by atoms with Crippen LogP contribution in [0, 0.1) is 0 Å². The number of morpholine rings is 1. The number of rotatable bonds is 4. The summed E-state index contributed by atoms with van der Waals surface area (Å²) in [5, 5.41) is 0. The van der Waals surface area contributed by atoms with E-state index in [1.165, 1.54) is 12.3 Å². The van der Waals surface area contributed by atoms with Gasteiger partial charge in [-0.1, -0.05) is 20.8 Å². The zero-order valence-corrected chi connectivity index (χ0v) is 13.7. The molecule has 1 saturated heterocycles.